The van der Waals surface area contributed by atoms with Crippen molar-refractivity contribution in [2.24, 2.45) is 5.92 Å². The van der Waals surface area contributed by atoms with Crippen molar-refractivity contribution in [3.63, 3.8) is 0 Å². The summed E-state index contributed by atoms with van der Waals surface area (Å²) in [6, 6.07) is 0.387. The van der Waals surface area contributed by atoms with Gasteiger partial charge in [-0.3, -0.25) is 4.79 Å². The summed E-state index contributed by atoms with van der Waals surface area (Å²) in [5.41, 5.74) is 0. The van der Waals surface area contributed by atoms with Crippen LogP contribution in [0.5, 0.6) is 0 Å². The number of carbonyl (C=O) groups is 1. The third-order valence-electron chi connectivity index (χ3n) is 1.86. The van der Waals surface area contributed by atoms with Crippen molar-refractivity contribution < 1.29 is 4.79 Å². The fraction of sp³-hybridized carbons (Fsp3) is 0.875. The van der Waals surface area contributed by atoms with Gasteiger partial charge >= 0.3 is 0 Å². The number of hydrogen-bond donors (Lipinski definition) is 1. The Balaban J connectivity index is 4.06. The van der Waals surface area contributed by atoms with E-state index in [2.05, 4.69) is 19.2 Å². The number of carbonyl (C=O) groups excluding carboxylic acids is 1. The maximum Gasteiger partial charge on any atom is 0.143 e. The maximum atomic E-state index is 11.5. The van der Waals surface area contributed by atoms with E-state index in [0.29, 0.717) is 11.8 Å². The fourth-order valence-corrected chi connectivity index (χ4v) is 1.21. The van der Waals surface area contributed by atoms with Gasteiger partial charge in [-0.1, -0.05) is 27.7 Å². The highest BCUT2D eigenvalue weighted by molar-refractivity contribution is 6.92. The molecular weight excluding hydrogens is 148 g/mol. The molecular formula is C8H19B2NO. The van der Waals surface area contributed by atoms with Gasteiger partial charge in [0.25, 0.3) is 0 Å². The summed E-state index contributed by atoms with van der Waals surface area (Å²) in [7, 11) is 2.93. The Kier molecular flexibility index (Phi) is 5.31. The molecule has 68 valence electrons. The molecule has 0 aromatic heterocycles. The maximum absolute atomic E-state index is 11.5. The van der Waals surface area contributed by atoms with Crippen LogP contribution in [-0.4, -0.2) is 32.7 Å². The van der Waals surface area contributed by atoms with Crippen molar-refractivity contribution in [2.75, 3.05) is 0 Å². The van der Waals surface area contributed by atoms with Crippen LogP contribution in [0.3, 0.4) is 0 Å². The summed E-state index contributed by atoms with van der Waals surface area (Å²) in [5.74, 6) is 0.511. The van der Waals surface area contributed by atoms with Crippen LogP contribution in [0, 0.1) is 5.92 Å². The van der Waals surface area contributed by atoms with Gasteiger partial charge in [-0.15, -0.1) is 0 Å². The monoisotopic (exact) mass is 167 g/mol. The Morgan fingerprint density at radius 3 is 2.08 bits per heavy atom. The van der Waals surface area contributed by atoms with E-state index in [1.807, 2.05) is 21.6 Å². The van der Waals surface area contributed by atoms with E-state index in [9.17, 15) is 4.79 Å². The van der Waals surface area contributed by atoms with Crippen LogP contribution in [-0.2, 0) is 4.79 Å². The van der Waals surface area contributed by atoms with Gasteiger partial charge in [0.1, 0.15) is 13.0 Å². The molecule has 0 aromatic carbocycles. The van der Waals surface area contributed by atoms with Gasteiger partial charge in [0.05, 0.1) is 7.74 Å². The van der Waals surface area contributed by atoms with Crippen LogP contribution in [0.15, 0.2) is 0 Å². The van der Waals surface area contributed by atoms with E-state index in [1.54, 1.807) is 0 Å². The zero-order valence-corrected chi connectivity index (χ0v) is 8.85. The molecule has 1 unspecified atom stereocenters. The molecule has 4 heteroatoms. The molecule has 0 aliphatic heterocycles. The second kappa shape index (κ2) is 5.41. The topological polar surface area (TPSA) is 29.1 Å². The Labute approximate surface area is 77.1 Å². The summed E-state index contributed by atoms with van der Waals surface area (Å²) in [4.78, 5) is 11.5. The molecule has 2 nitrogen and oxygen atoms in total. The first-order valence-electron chi connectivity index (χ1n) is 4.78. The Hall–Kier alpha value is -0.240. The highest BCUT2D eigenvalue weighted by Gasteiger charge is 2.19. The summed E-state index contributed by atoms with van der Waals surface area (Å²) < 4.78 is 0. The first-order chi connectivity index (χ1) is 5.49. The van der Waals surface area contributed by atoms with Crippen molar-refractivity contribution in [2.45, 2.75) is 39.7 Å². The molecule has 0 bridgehead atoms. The first-order valence-corrected chi connectivity index (χ1v) is 4.78. The van der Waals surface area contributed by atoms with Crippen molar-refractivity contribution in [3.05, 3.63) is 0 Å². The van der Waals surface area contributed by atoms with Gasteiger partial charge in [0, 0.05) is 17.9 Å². The largest absolute Gasteiger partial charge is 0.313 e. The number of nitrogens with one attached hydrogen (secondary N) is 1. The van der Waals surface area contributed by atoms with Gasteiger partial charge in [-0.05, 0) is 0 Å². The molecule has 0 spiro atoms. The molecule has 0 fully saturated rings. The minimum Gasteiger partial charge on any atom is -0.313 e. The molecule has 0 heterocycles. The lowest BCUT2D eigenvalue weighted by Crippen LogP contribution is -2.47. The lowest BCUT2D eigenvalue weighted by molar-refractivity contribution is -0.122. The number of ketones is 1. The van der Waals surface area contributed by atoms with Crippen molar-refractivity contribution in [3.8, 4) is 0 Å². The highest BCUT2D eigenvalue weighted by Crippen LogP contribution is 1.99. The van der Waals surface area contributed by atoms with Gasteiger partial charge in [0.2, 0.25) is 0 Å². The molecule has 0 radical (unpaired) electrons. The first kappa shape index (κ1) is 11.8. The van der Waals surface area contributed by atoms with Crippen LogP contribution in [0.4, 0.5) is 0 Å². The third kappa shape index (κ3) is 3.96. The SMILES string of the molecule is BBC(NC(C)C)C(=O)C(C)C. The molecule has 0 amide bonds. The fourth-order valence-electron chi connectivity index (χ4n) is 1.21. The van der Waals surface area contributed by atoms with Crippen LogP contribution in [0.1, 0.15) is 27.7 Å². The van der Waals surface area contributed by atoms with Crippen LogP contribution in [0.2, 0.25) is 0 Å². The molecule has 12 heavy (non-hydrogen) atoms. The molecule has 0 aromatic rings. The lowest BCUT2D eigenvalue weighted by atomic mass is 9.48. The molecule has 0 saturated carbocycles. The predicted molar refractivity (Wildman–Crippen MR) is 57.6 cm³/mol. The molecule has 1 N–H and O–H groups in total. The van der Waals surface area contributed by atoms with Crippen molar-refractivity contribution in [1.82, 2.24) is 5.32 Å². The van der Waals surface area contributed by atoms with Gasteiger partial charge in [0.15, 0.2) is 0 Å². The smallest absolute Gasteiger partial charge is 0.143 e. The van der Waals surface area contributed by atoms with Gasteiger partial charge < -0.3 is 5.32 Å². The zero-order chi connectivity index (χ0) is 9.72. The Morgan fingerprint density at radius 1 is 1.33 bits per heavy atom. The van der Waals surface area contributed by atoms with Gasteiger partial charge in [-0.25, -0.2) is 0 Å². The minimum absolute atomic E-state index is 0.0463. The molecule has 0 saturated heterocycles. The predicted octanol–water partition coefficient (Wildman–Crippen LogP) is -0.480. The van der Waals surface area contributed by atoms with Crippen molar-refractivity contribution >= 4 is 20.7 Å². The standard InChI is InChI=1S/C8H19B2NO/c1-5(2)7(12)8(10-9)11-6(3)4/h5-6,8,10-11H,9H2,1-4H3. The third-order valence-corrected chi connectivity index (χ3v) is 1.86. The Morgan fingerprint density at radius 2 is 1.83 bits per heavy atom. The van der Waals surface area contributed by atoms with Crippen LogP contribution < -0.4 is 5.32 Å². The molecule has 0 aliphatic carbocycles. The molecule has 1 atom stereocenters. The van der Waals surface area contributed by atoms with Crippen LogP contribution in [0.25, 0.3) is 0 Å². The van der Waals surface area contributed by atoms with E-state index >= 15 is 0 Å². The summed E-state index contributed by atoms with van der Waals surface area (Å²) in [6.45, 7) is 8.03. The normalized spacial score (nSPS) is 13.5. The minimum atomic E-state index is 0.0463. The van der Waals surface area contributed by atoms with Crippen molar-refractivity contribution in [1.29, 1.82) is 0 Å². The number of rotatable bonds is 5. The Bertz CT molecular complexity index is 148. The van der Waals surface area contributed by atoms with E-state index in [1.165, 1.54) is 0 Å². The quantitative estimate of drug-likeness (QED) is 0.560. The molecule has 0 rings (SSSR count). The number of hydrogen-bond acceptors (Lipinski definition) is 2. The highest BCUT2D eigenvalue weighted by atomic mass is 16.1. The second-order valence-corrected chi connectivity index (χ2v) is 3.84. The summed E-state index contributed by atoms with van der Waals surface area (Å²) in [5, 5.41) is 3.26. The summed E-state index contributed by atoms with van der Waals surface area (Å²) >= 11 is 0. The second-order valence-electron chi connectivity index (χ2n) is 3.84. The van der Waals surface area contributed by atoms with E-state index in [0.717, 1.165) is 7.17 Å². The van der Waals surface area contributed by atoms with Gasteiger partial charge in [-0.2, -0.15) is 0 Å². The lowest BCUT2D eigenvalue weighted by Gasteiger charge is -2.19. The van der Waals surface area contributed by atoms with E-state index < -0.39 is 0 Å². The average molecular weight is 167 g/mol. The zero-order valence-electron chi connectivity index (χ0n) is 8.85. The number of Topliss-reactive ketones (excluding diaryl/α,β-unsaturated/α-hetero) is 1. The van der Waals surface area contributed by atoms with E-state index in [4.69, 9.17) is 0 Å². The summed E-state index contributed by atoms with van der Waals surface area (Å²) in [6.07, 6.45) is 0. The van der Waals surface area contributed by atoms with Crippen LogP contribution >= 0.6 is 0 Å². The molecule has 0 aliphatic rings. The van der Waals surface area contributed by atoms with E-state index in [-0.39, 0.29) is 11.9 Å². The average Bonchev–Trinajstić information content (AvgIpc) is 1.98.